The summed E-state index contributed by atoms with van der Waals surface area (Å²) in [7, 11) is 3.95. The van der Waals surface area contributed by atoms with E-state index >= 15 is 0 Å². The van der Waals surface area contributed by atoms with Crippen LogP contribution in [0.5, 0.6) is 5.75 Å². The van der Waals surface area contributed by atoms with Gasteiger partial charge in [0, 0.05) is 62.9 Å². The molecule has 7 rings (SSSR count). The molecule has 3 aromatic carbocycles. The van der Waals surface area contributed by atoms with Crippen molar-refractivity contribution in [3.05, 3.63) is 95.2 Å². The summed E-state index contributed by atoms with van der Waals surface area (Å²) in [6, 6.07) is 21.1. The molecule has 2 aromatic heterocycles. The van der Waals surface area contributed by atoms with E-state index in [4.69, 9.17) is 14.5 Å². The number of rotatable bonds is 13. The molecule has 11 nitrogen and oxygen atoms in total. The first-order valence-electron chi connectivity index (χ1n) is 17.2. The van der Waals surface area contributed by atoms with Crippen LogP contribution in [0, 0.1) is 6.92 Å². The maximum atomic E-state index is 12.9. The molecule has 266 valence electrons. The average Bonchev–Trinajstić information content (AvgIpc) is 3.69. The Morgan fingerprint density at radius 1 is 0.962 bits per heavy atom. The van der Waals surface area contributed by atoms with Crippen molar-refractivity contribution in [2.75, 3.05) is 45.4 Å². The molecule has 52 heavy (non-hydrogen) atoms. The second kappa shape index (κ2) is 15.0. The minimum atomic E-state index is -0.656. The number of ketones is 2. The predicted octanol–water partition coefficient (Wildman–Crippen LogP) is 5.41. The Balaban J connectivity index is 0.863. The van der Waals surface area contributed by atoms with Crippen LogP contribution in [-0.2, 0) is 32.1 Å². The molecule has 1 atom stereocenters. The Hall–Kier alpha value is -5.46. The molecule has 1 N–H and O–H groups in total. The van der Waals surface area contributed by atoms with E-state index < -0.39 is 6.04 Å². The standard InChI is InChI=1S/C40H39N5O6S/c1-24-16-26(27-6-11-37(41-21-27)44(2)3)5-8-31(24)39-43-33-10-4-25(18-36(33)52-39)17-29(46)12-13-50-14-15-51-30-7-9-32-28(19-30)23-45(40(32)49)34-22-42-38(48)20-35(34)47/h4-11,16,18-19,21,34H,12-15,17,20,22-23H2,1-3H3,(H,42,48). The first kappa shape index (κ1) is 35.0. The molecule has 0 radical (unpaired) electrons. The second-order valence-corrected chi connectivity index (χ2v) is 14.3. The van der Waals surface area contributed by atoms with Gasteiger partial charge in [-0.2, -0.15) is 0 Å². The molecule has 0 aliphatic carbocycles. The van der Waals surface area contributed by atoms with E-state index in [1.165, 1.54) is 4.90 Å². The Morgan fingerprint density at radius 2 is 1.79 bits per heavy atom. The number of nitrogens with zero attached hydrogens (tertiary/aromatic N) is 4. The topological polar surface area (TPSA) is 131 Å². The molecule has 0 spiro atoms. The van der Waals surface area contributed by atoms with Crippen molar-refractivity contribution in [2.45, 2.75) is 38.8 Å². The molecule has 1 saturated heterocycles. The zero-order valence-corrected chi connectivity index (χ0v) is 30.1. The summed E-state index contributed by atoms with van der Waals surface area (Å²) in [6.45, 7) is 3.39. The highest BCUT2D eigenvalue weighted by atomic mass is 32.1. The van der Waals surface area contributed by atoms with Crippen LogP contribution in [0.3, 0.4) is 0 Å². The summed E-state index contributed by atoms with van der Waals surface area (Å²) in [5.41, 5.74) is 7.56. The number of fused-ring (bicyclic) bond motifs is 2. The Labute approximate surface area is 305 Å². The number of anilines is 1. The van der Waals surface area contributed by atoms with Gasteiger partial charge in [-0.05, 0) is 71.6 Å². The van der Waals surface area contributed by atoms with Gasteiger partial charge in [0.05, 0.1) is 29.9 Å². The summed E-state index contributed by atoms with van der Waals surface area (Å²) in [4.78, 5) is 62.5. The van der Waals surface area contributed by atoms with Gasteiger partial charge in [-0.25, -0.2) is 9.97 Å². The average molecular weight is 718 g/mol. The van der Waals surface area contributed by atoms with Gasteiger partial charge in [0.1, 0.15) is 35.0 Å². The van der Waals surface area contributed by atoms with Gasteiger partial charge < -0.3 is 24.6 Å². The Morgan fingerprint density at radius 3 is 2.56 bits per heavy atom. The quantitative estimate of drug-likeness (QED) is 0.126. The molecule has 12 heteroatoms. The maximum absolute atomic E-state index is 12.9. The minimum absolute atomic E-state index is 0.0911. The molecule has 1 fully saturated rings. The molecular formula is C40H39N5O6S. The fourth-order valence-electron chi connectivity index (χ4n) is 6.53. The van der Waals surface area contributed by atoms with E-state index in [0.717, 1.165) is 54.4 Å². The van der Waals surface area contributed by atoms with Gasteiger partial charge >= 0.3 is 0 Å². The van der Waals surface area contributed by atoms with E-state index in [9.17, 15) is 19.2 Å². The number of nitrogens with one attached hydrogen (secondary N) is 1. The molecule has 1 unspecified atom stereocenters. The number of ether oxygens (including phenoxy) is 2. The summed E-state index contributed by atoms with van der Waals surface area (Å²) < 4.78 is 12.6. The molecule has 4 heterocycles. The smallest absolute Gasteiger partial charge is 0.255 e. The number of aromatic nitrogens is 2. The monoisotopic (exact) mass is 717 g/mol. The number of hydrogen-bond donors (Lipinski definition) is 1. The summed E-state index contributed by atoms with van der Waals surface area (Å²) >= 11 is 1.63. The molecule has 2 aliphatic rings. The lowest BCUT2D eigenvalue weighted by molar-refractivity contribution is -0.134. The van der Waals surface area contributed by atoms with Gasteiger partial charge in [-0.15, -0.1) is 11.3 Å². The first-order valence-corrected chi connectivity index (χ1v) is 18.0. The van der Waals surface area contributed by atoms with E-state index in [0.29, 0.717) is 37.4 Å². The number of benzene rings is 3. The Kier molecular flexibility index (Phi) is 10.1. The van der Waals surface area contributed by atoms with Crippen LogP contribution in [-0.4, -0.2) is 84.8 Å². The van der Waals surface area contributed by atoms with Crippen molar-refractivity contribution >= 4 is 50.8 Å². The number of Topliss-reactive ketones (excluding diaryl/α,β-unsaturated/α-hetero) is 2. The zero-order chi connectivity index (χ0) is 36.4. The van der Waals surface area contributed by atoms with Gasteiger partial charge in [0.2, 0.25) is 5.91 Å². The number of carbonyl (C=O) groups is 4. The maximum Gasteiger partial charge on any atom is 0.255 e. The first-order chi connectivity index (χ1) is 25.1. The third kappa shape index (κ3) is 7.58. The van der Waals surface area contributed by atoms with E-state index in [1.807, 2.05) is 43.4 Å². The van der Waals surface area contributed by atoms with Crippen molar-refractivity contribution in [1.29, 1.82) is 0 Å². The SMILES string of the molecule is Cc1cc(-c2ccc(N(C)C)nc2)ccc1-c1nc2ccc(CC(=O)CCOCCOc3ccc4c(c3)CN(C3CNC(=O)CC3=O)C4=O)cc2s1. The number of hydrogen-bond acceptors (Lipinski definition) is 10. The number of aryl methyl sites for hydroxylation is 1. The van der Waals surface area contributed by atoms with Gasteiger partial charge in [-0.3, -0.25) is 19.2 Å². The van der Waals surface area contributed by atoms with Crippen LogP contribution in [0.15, 0.2) is 72.9 Å². The van der Waals surface area contributed by atoms with Gasteiger partial charge in [-0.1, -0.05) is 24.3 Å². The van der Waals surface area contributed by atoms with Crippen molar-refractivity contribution in [3.63, 3.8) is 0 Å². The van der Waals surface area contributed by atoms with E-state index in [2.05, 4.69) is 47.6 Å². The highest BCUT2D eigenvalue weighted by Crippen LogP contribution is 2.35. The van der Waals surface area contributed by atoms with E-state index in [1.54, 1.807) is 29.5 Å². The summed E-state index contributed by atoms with van der Waals surface area (Å²) in [6.07, 6.45) is 2.30. The van der Waals surface area contributed by atoms with Crippen LogP contribution in [0.1, 0.15) is 39.9 Å². The van der Waals surface area contributed by atoms with Crippen LogP contribution < -0.4 is 15.0 Å². The molecule has 2 amide bonds. The highest BCUT2D eigenvalue weighted by Gasteiger charge is 2.39. The normalized spacial score (nSPS) is 15.6. The minimum Gasteiger partial charge on any atom is -0.491 e. The van der Waals surface area contributed by atoms with Gasteiger partial charge in [0.25, 0.3) is 5.91 Å². The number of piperidine rings is 1. The van der Waals surface area contributed by atoms with Crippen LogP contribution >= 0.6 is 11.3 Å². The number of amides is 2. The summed E-state index contributed by atoms with van der Waals surface area (Å²) in [5, 5.41) is 3.61. The number of thiazole rings is 1. The van der Waals surface area contributed by atoms with Crippen molar-refractivity contribution < 1.29 is 28.7 Å². The van der Waals surface area contributed by atoms with E-state index in [-0.39, 0.29) is 49.5 Å². The highest BCUT2D eigenvalue weighted by molar-refractivity contribution is 7.21. The molecule has 2 aliphatic heterocycles. The van der Waals surface area contributed by atoms with Gasteiger partial charge in [0.15, 0.2) is 5.78 Å². The fourth-order valence-corrected chi connectivity index (χ4v) is 7.65. The lowest BCUT2D eigenvalue weighted by Gasteiger charge is -2.29. The van der Waals surface area contributed by atoms with Crippen LogP contribution in [0.2, 0.25) is 0 Å². The zero-order valence-electron chi connectivity index (χ0n) is 29.3. The van der Waals surface area contributed by atoms with Crippen LogP contribution in [0.4, 0.5) is 5.82 Å². The largest absolute Gasteiger partial charge is 0.491 e. The third-order valence-corrected chi connectivity index (χ3v) is 10.4. The third-order valence-electron chi connectivity index (χ3n) is 9.36. The number of pyridine rings is 1. The lowest BCUT2D eigenvalue weighted by Crippen LogP contribution is -2.53. The Bertz CT molecular complexity index is 2180. The van der Waals surface area contributed by atoms with Crippen molar-refractivity contribution in [3.8, 4) is 27.4 Å². The molecular weight excluding hydrogens is 679 g/mol. The second-order valence-electron chi connectivity index (χ2n) is 13.3. The molecule has 5 aromatic rings. The van der Waals surface area contributed by atoms with Crippen molar-refractivity contribution in [1.82, 2.24) is 20.2 Å². The molecule has 0 saturated carbocycles. The molecule has 0 bridgehead atoms. The van der Waals surface area contributed by atoms with Crippen molar-refractivity contribution in [2.24, 2.45) is 0 Å². The lowest BCUT2D eigenvalue weighted by atomic mass is 10.0. The number of carbonyl (C=O) groups excluding carboxylic acids is 4. The summed E-state index contributed by atoms with van der Waals surface area (Å²) in [5.74, 6) is 0.813. The predicted molar refractivity (Wildman–Crippen MR) is 200 cm³/mol. The fraction of sp³-hybridized carbons (Fsp3) is 0.300. The van der Waals surface area contributed by atoms with Crippen LogP contribution in [0.25, 0.3) is 31.9 Å².